The highest BCUT2D eigenvalue weighted by molar-refractivity contribution is 6.31. The Balaban J connectivity index is 2.27. The number of aliphatic imine (C=N–C) groups is 1. The van der Waals surface area contributed by atoms with Crippen molar-refractivity contribution in [3.8, 4) is 0 Å². The van der Waals surface area contributed by atoms with E-state index < -0.39 is 0 Å². The van der Waals surface area contributed by atoms with Crippen LogP contribution < -0.4 is 5.32 Å². The fourth-order valence-corrected chi connectivity index (χ4v) is 1.62. The van der Waals surface area contributed by atoms with Gasteiger partial charge in [-0.2, -0.15) is 0 Å². The number of nitrogens with zero attached hydrogens (tertiary/aromatic N) is 1. The van der Waals surface area contributed by atoms with Crippen LogP contribution in [0.25, 0.3) is 0 Å². The molecule has 0 saturated heterocycles. The predicted octanol–water partition coefficient (Wildman–Crippen LogP) is 1.64. The molecule has 11 heavy (non-hydrogen) atoms. The van der Waals surface area contributed by atoms with Gasteiger partial charge in [0.1, 0.15) is 0 Å². The van der Waals surface area contributed by atoms with Crippen LogP contribution in [0, 0.1) is 5.92 Å². The topological polar surface area (TPSA) is 24.4 Å². The highest BCUT2D eigenvalue weighted by atomic mass is 35.5. The normalized spacial score (nSPS) is 34.0. The van der Waals surface area contributed by atoms with E-state index in [0.717, 1.165) is 10.7 Å². The van der Waals surface area contributed by atoms with Crippen molar-refractivity contribution in [2.45, 2.75) is 13.0 Å². The Morgan fingerprint density at radius 3 is 3.27 bits per heavy atom. The van der Waals surface area contributed by atoms with Gasteiger partial charge in [-0.1, -0.05) is 11.6 Å². The molecule has 2 rings (SSSR count). The summed E-state index contributed by atoms with van der Waals surface area (Å²) < 4.78 is 0. The largest absolute Gasteiger partial charge is 0.383 e. The van der Waals surface area contributed by atoms with Crippen LogP contribution in [0.1, 0.15) is 6.92 Å². The lowest BCUT2D eigenvalue weighted by atomic mass is 10.0. The van der Waals surface area contributed by atoms with E-state index >= 15 is 0 Å². The highest BCUT2D eigenvalue weighted by Gasteiger charge is 2.27. The van der Waals surface area contributed by atoms with Crippen LogP contribution in [0.4, 0.5) is 0 Å². The smallest absolute Gasteiger partial charge is 0.0587 e. The number of halogens is 1. The van der Waals surface area contributed by atoms with Crippen molar-refractivity contribution in [2.75, 3.05) is 0 Å². The van der Waals surface area contributed by atoms with Crippen LogP contribution in [-0.2, 0) is 0 Å². The minimum atomic E-state index is 0.264. The van der Waals surface area contributed by atoms with Crippen LogP contribution in [-0.4, -0.2) is 12.3 Å². The van der Waals surface area contributed by atoms with E-state index in [0.29, 0.717) is 6.04 Å². The third kappa shape index (κ3) is 1.07. The summed E-state index contributed by atoms with van der Waals surface area (Å²) >= 11 is 5.91. The van der Waals surface area contributed by atoms with Crippen molar-refractivity contribution in [1.82, 2.24) is 5.32 Å². The zero-order chi connectivity index (χ0) is 7.84. The molecule has 0 saturated carbocycles. The molecule has 0 spiro atoms. The number of hydrogen-bond donors (Lipinski definition) is 1. The number of fused-ring (bicyclic) bond motifs is 1. The average Bonchev–Trinajstić information content (AvgIpc) is 2.32. The van der Waals surface area contributed by atoms with Crippen molar-refractivity contribution < 1.29 is 0 Å². The van der Waals surface area contributed by atoms with Crippen LogP contribution in [0.3, 0.4) is 0 Å². The van der Waals surface area contributed by atoms with Crippen LogP contribution >= 0.6 is 11.6 Å². The van der Waals surface area contributed by atoms with Crippen LogP contribution in [0.2, 0.25) is 0 Å². The molecule has 0 amide bonds. The van der Waals surface area contributed by atoms with Gasteiger partial charge in [-0.3, -0.25) is 4.99 Å². The van der Waals surface area contributed by atoms with Crippen molar-refractivity contribution in [2.24, 2.45) is 10.9 Å². The molecule has 0 radical (unpaired) electrons. The SMILES string of the molecule is CC1=CC2NC=C(Cl)C2C=N1. The van der Waals surface area contributed by atoms with Gasteiger partial charge >= 0.3 is 0 Å². The summed E-state index contributed by atoms with van der Waals surface area (Å²) in [4.78, 5) is 4.19. The Morgan fingerprint density at radius 1 is 1.64 bits per heavy atom. The lowest BCUT2D eigenvalue weighted by Gasteiger charge is -2.17. The number of rotatable bonds is 0. The number of allylic oxidation sites excluding steroid dienone is 1. The molecule has 2 aliphatic rings. The van der Waals surface area contributed by atoms with Crippen molar-refractivity contribution >= 4 is 17.8 Å². The van der Waals surface area contributed by atoms with Crippen molar-refractivity contribution in [1.29, 1.82) is 0 Å². The molecule has 0 fully saturated rings. The minimum Gasteiger partial charge on any atom is -0.383 e. The van der Waals surface area contributed by atoms with Gasteiger partial charge in [0.25, 0.3) is 0 Å². The van der Waals surface area contributed by atoms with Gasteiger partial charge in [0.05, 0.1) is 12.0 Å². The molecule has 0 aliphatic carbocycles. The second-order valence-corrected chi connectivity index (χ2v) is 3.27. The first-order chi connectivity index (χ1) is 5.27. The van der Waals surface area contributed by atoms with Gasteiger partial charge in [-0.25, -0.2) is 0 Å². The fraction of sp³-hybridized carbons (Fsp3) is 0.375. The third-order valence-corrected chi connectivity index (χ3v) is 2.34. The summed E-state index contributed by atoms with van der Waals surface area (Å²) in [5.74, 6) is 0.264. The van der Waals surface area contributed by atoms with Gasteiger partial charge in [0.2, 0.25) is 0 Å². The quantitative estimate of drug-likeness (QED) is 0.585. The molecule has 58 valence electrons. The minimum absolute atomic E-state index is 0.264. The molecule has 2 atom stereocenters. The molecular weight excluding hydrogens is 160 g/mol. The molecule has 0 bridgehead atoms. The average molecular weight is 169 g/mol. The Bertz CT molecular complexity index is 265. The van der Waals surface area contributed by atoms with Gasteiger partial charge < -0.3 is 5.32 Å². The molecule has 2 nitrogen and oxygen atoms in total. The van der Waals surface area contributed by atoms with Crippen molar-refractivity contribution in [3.05, 3.63) is 23.0 Å². The lowest BCUT2D eigenvalue weighted by Crippen LogP contribution is -2.28. The summed E-state index contributed by atoms with van der Waals surface area (Å²) in [6.07, 6.45) is 5.84. The molecule has 2 unspecified atom stereocenters. The van der Waals surface area contributed by atoms with Gasteiger partial charge in [-0.05, 0) is 13.0 Å². The summed E-state index contributed by atoms with van der Waals surface area (Å²) in [7, 11) is 0. The van der Waals surface area contributed by atoms with E-state index in [4.69, 9.17) is 11.6 Å². The van der Waals surface area contributed by atoms with E-state index in [2.05, 4.69) is 16.4 Å². The Labute approximate surface area is 70.7 Å². The number of nitrogens with one attached hydrogen (secondary N) is 1. The Morgan fingerprint density at radius 2 is 2.45 bits per heavy atom. The lowest BCUT2D eigenvalue weighted by molar-refractivity contribution is 0.670. The maximum absolute atomic E-state index is 5.91. The number of hydrogen-bond acceptors (Lipinski definition) is 2. The molecule has 1 N–H and O–H groups in total. The van der Waals surface area contributed by atoms with Gasteiger partial charge in [0.15, 0.2) is 0 Å². The zero-order valence-corrected chi connectivity index (χ0v) is 6.97. The second-order valence-electron chi connectivity index (χ2n) is 2.83. The molecular formula is C8H9ClN2. The first kappa shape index (κ1) is 6.92. The van der Waals surface area contributed by atoms with Gasteiger partial charge in [-0.15, -0.1) is 0 Å². The van der Waals surface area contributed by atoms with E-state index in [1.165, 1.54) is 0 Å². The maximum atomic E-state index is 5.91. The molecule has 0 aromatic rings. The third-order valence-electron chi connectivity index (χ3n) is 1.98. The first-order valence-corrected chi connectivity index (χ1v) is 3.99. The molecule has 2 heterocycles. The highest BCUT2D eigenvalue weighted by Crippen LogP contribution is 2.27. The summed E-state index contributed by atoms with van der Waals surface area (Å²) in [5.41, 5.74) is 1.05. The Hall–Kier alpha value is -0.760. The summed E-state index contributed by atoms with van der Waals surface area (Å²) in [6.45, 7) is 1.99. The molecule has 0 aromatic heterocycles. The van der Waals surface area contributed by atoms with E-state index in [-0.39, 0.29) is 5.92 Å². The molecule has 2 aliphatic heterocycles. The zero-order valence-electron chi connectivity index (χ0n) is 6.21. The van der Waals surface area contributed by atoms with E-state index in [1.54, 1.807) is 0 Å². The molecule has 3 heteroatoms. The van der Waals surface area contributed by atoms with Crippen molar-refractivity contribution in [3.63, 3.8) is 0 Å². The monoisotopic (exact) mass is 168 g/mol. The first-order valence-electron chi connectivity index (χ1n) is 3.61. The predicted molar refractivity (Wildman–Crippen MR) is 46.6 cm³/mol. The van der Waals surface area contributed by atoms with Gasteiger partial charge in [0, 0.05) is 23.1 Å². The van der Waals surface area contributed by atoms with Crippen LogP contribution in [0.15, 0.2) is 28.0 Å². The van der Waals surface area contributed by atoms with E-state index in [1.807, 2.05) is 19.3 Å². The standard InChI is InChI=1S/C8H9ClN2/c1-5-2-8-6(3-10-5)7(9)4-11-8/h2-4,6,8,11H,1H3. The maximum Gasteiger partial charge on any atom is 0.0587 e. The molecule has 0 aromatic carbocycles. The van der Waals surface area contributed by atoms with Crippen LogP contribution in [0.5, 0.6) is 0 Å². The summed E-state index contributed by atoms with van der Waals surface area (Å²) in [6, 6.07) is 0.333. The van der Waals surface area contributed by atoms with E-state index in [9.17, 15) is 0 Å². The fourth-order valence-electron chi connectivity index (χ4n) is 1.36. The summed E-state index contributed by atoms with van der Waals surface area (Å²) in [5, 5.41) is 4.03. The Kier molecular flexibility index (Phi) is 1.50. The second kappa shape index (κ2) is 2.38.